The zero-order chi connectivity index (χ0) is 27.2. The van der Waals surface area contributed by atoms with Crippen molar-refractivity contribution in [3.63, 3.8) is 0 Å². The van der Waals surface area contributed by atoms with Gasteiger partial charge >= 0.3 is 0 Å². The van der Waals surface area contributed by atoms with Crippen LogP contribution in [0.25, 0.3) is 0 Å². The molecule has 0 radical (unpaired) electrons. The first-order valence-electron chi connectivity index (χ1n) is 13.3. The van der Waals surface area contributed by atoms with Gasteiger partial charge in [-0.15, -0.1) is 0 Å². The minimum absolute atomic E-state index is 0.202. The van der Waals surface area contributed by atoms with Crippen molar-refractivity contribution in [1.82, 2.24) is 9.88 Å². The standard InChI is InChI=1S/C32H33F2N3O2/c33-26-16-25(17-27(34)19-26)18-30(32(39)29-20-28(13-14-35-29)37-15-7-12-31(37)38)36(21-23-8-3-1-4-9-23)22-24-10-5-2-6-11-24/h1-6,8-11,13-14,16-17,19-20,30-32,38-39H,7,12,15,18,21-22H2/t30-,31?,32+/m0/s1. The molecular weight excluding hydrogens is 496 g/mol. The molecule has 2 heterocycles. The SMILES string of the molecule is OC1CCCN1c1ccnc([C@@H](O)[C@H](Cc2cc(F)cc(F)c2)N(Cc2ccccc2)Cc2ccccc2)c1. The number of nitrogens with zero attached hydrogens (tertiary/aromatic N) is 3. The fraction of sp³-hybridized carbons (Fsp3) is 0.281. The normalized spacial score (nSPS) is 16.9. The van der Waals surface area contributed by atoms with Crippen LogP contribution in [0.15, 0.2) is 97.2 Å². The summed E-state index contributed by atoms with van der Waals surface area (Å²) in [6.07, 6.45) is 1.77. The van der Waals surface area contributed by atoms with Crippen LogP contribution in [0.1, 0.15) is 41.3 Å². The van der Waals surface area contributed by atoms with Crippen molar-refractivity contribution in [2.75, 3.05) is 11.4 Å². The van der Waals surface area contributed by atoms with E-state index < -0.39 is 30.0 Å². The summed E-state index contributed by atoms with van der Waals surface area (Å²) in [5.74, 6) is -1.31. The second-order valence-electron chi connectivity index (χ2n) is 10.1. The van der Waals surface area contributed by atoms with Crippen molar-refractivity contribution < 1.29 is 19.0 Å². The Hall–Kier alpha value is -3.65. The minimum atomic E-state index is -1.07. The first kappa shape index (κ1) is 26.9. The number of hydrogen-bond donors (Lipinski definition) is 2. The van der Waals surface area contributed by atoms with E-state index >= 15 is 0 Å². The lowest BCUT2D eigenvalue weighted by Gasteiger charge is -2.35. The average molecular weight is 530 g/mol. The zero-order valence-electron chi connectivity index (χ0n) is 21.7. The summed E-state index contributed by atoms with van der Waals surface area (Å²) in [6, 6.07) is 26.4. The van der Waals surface area contributed by atoms with Crippen molar-refractivity contribution in [3.8, 4) is 0 Å². The summed E-state index contributed by atoms with van der Waals surface area (Å²) in [4.78, 5) is 8.54. The third-order valence-corrected chi connectivity index (χ3v) is 7.28. The molecule has 7 heteroatoms. The largest absolute Gasteiger partial charge is 0.385 e. The highest BCUT2D eigenvalue weighted by molar-refractivity contribution is 5.48. The lowest BCUT2D eigenvalue weighted by atomic mass is 9.95. The van der Waals surface area contributed by atoms with Crippen molar-refractivity contribution >= 4 is 5.69 Å². The molecule has 0 spiro atoms. The molecule has 3 atom stereocenters. The number of aliphatic hydroxyl groups excluding tert-OH is 2. The van der Waals surface area contributed by atoms with Crippen LogP contribution in [0.4, 0.5) is 14.5 Å². The van der Waals surface area contributed by atoms with E-state index in [0.29, 0.717) is 30.8 Å². The van der Waals surface area contributed by atoms with Gasteiger partial charge in [-0.2, -0.15) is 0 Å². The van der Waals surface area contributed by atoms with Crippen LogP contribution in [0, 0.1) is 11.6 Å². The van der Waals surface area contributed by atoms with Gasteiger partial charge in [0.15, 0.2) is 0 Å². The predicted molar refractivity (Wildman–Crippen MR) is 148 cm³/mol. The first-order valence-corrected chi connectivity index (χ1v) is 13.3. The van der Waals surface area contributed by atoms with Crippen LogP contribution in [0.5, 0.6) is 0 Å². The van der Waals surface area contributed by atoms with Gasteiger partial charge in [0.2, 0.25) is 0 Å². The van der Waals surface area contributed by atoms with Crippen LogP contribution in [0.3, 0.4) is 0 Å². The van der Waals surface area contributed by atoms with Crippen LogP contribution in [-0.4, -0.2) is 38.9 Å². The predicted octanol–water partition coefficient (Wildman–Crippen LogP) is 5.63. The fourth-order valence-corrected chi connectivity index (χ4v) is 5.36. The monoisotopic (exact) mass is 529 g/mol. The molecule has 3 aromatic carbocycles. The molecule has 1 aliphatic rings. The molecular formula is C32H33F2N3O2. The third kappa shape index (κ3) is 6.87. The number of benzene rings is 3. The van der Waals surface area contributed by atoms with Gasteiger partial charge < -0.3 is 15.1 Å². The number of aromatic nitrogens is 1. The lowest BCUT2D eigenvalue weighted by molar-refractivity contribution is 0.0356. The summed E-state index contributed by atoms with van der Waals surface area (Å²) in [7, 11) is 0. The smallest absolute Gasteiger partial charge is 0.126 e. The van der Waals surface area contributed by atoms with Crippen LogP contribution in [-0.2, 0) is 19.5 Å². The second kappa shape index (κ2) is 12.5. The number of anilines is 1. The van der Waals surface area contributed by atoms with Gasteiger partial charge in [0.25, 0.3) is 0 Å². The molecule has 1 aromatic heterocycles. The number of aliphatic hydroxyl groups is 2. The Labute approximate surface area is 228 Å². The molecule has 0 amide bonds. The molecule has 39 heavy (non-hydrogen) atoms. The molecule has 5 nitrogen and oxygen atoms in total. The summed E-state index contributed by atoms with van der Waals surface area (Å²) in [6.45, 7) is 1.75. The van der Waals surface area contributed by atoms with Gasteiger partial charge in [-0.1, -0.05) is 60.7 Å². The van der Waals surface area contributed by atoms with E-state index in [0.717, 1.165) is 35.8 Å². The van der Waals surface area contributed by atoms with E-state index in [1.807, 2.05) is 77.7 Å². The maximum absolute atomic E-state index is 14.2. The third-order valence-electron chi connectivity index (χ3n) is 7.28. The van der Waals surface area contributed by atoms with E-state index in [9.17, 15) is 19.0 Å². The highest BCUT2D eigenvalue weighted by Crippen LogP contribution is 2.31. The Balaban J connectivity index is 1.53. The Bertz CT molecular complexity index is 1290. The minimum Gasteiger partial charge on any atom is -0.385 e. The van der Waals surface area contributed by atoms with Crippen LogP contribution >= 0.6 is 0 Å². The number of halogens is 2. The molecule has 1 fully saturated rings. The van der Waals surface area contributed by atoms with Gasteiger partial charge in [-0.05, 0) is 60.2 Å². The van der Waals surface area contributed by atoms with E-state index in [1.54, 1.807) is 6.20 Å². The molecule has 1 unspecified atom stereocenters. The summed E-state index contributed by atoms with van der Waals surface area (Å²) < 4.78 is 28.4. The summed E-state index contributed by atoms with van der Waals surface area (Å²) >= 11 is 0. The molecule has 0 aliphatic carbocycles. The summed E-state index contributed by atoms with van der Waals surface area (Å²) in [5, 5.41) is 22.3. The Morgan fingerprint density at radius 3 is 2.03 bits per heavy atom. The van der Waals surface area contributed by atoms with E-state index in [4.69, 9.17) is 0 Å². The van der Waals surface area contributed by atoms with Gasteiger partial charge in [0.05, 0.1) is 5.69 Å². The Morgan fingerprint density at radius 1 is 0.846 bits per heavy atom. The zero-order valence-corrected chi connectivity index (χ0v) is 21.7. The van der Waals surface area contributed by atoms with Crippen molar-refractivity contribution in [2.45, 2.75) is 50.7 Å². The van der Waals surface area contributed by atoms with Gasteiger partial charge in [0.1, 0.15) is 24.0 Å². The average Bonchev–Trinajstić information content (AvgIpc) is 3.37. The van der Waals surface area contributed by atoms with Crippen LogP contribution < -0.4 is 4.90 Å². The fourth-order valence-electron chi connectivity index (χ4n) is 5.36. The van der Waals surface area contributed by atoms with E-state index in [1.165, 1.54) is 12.1 Å². The van der Waals surface area contributed by atoms with Gasteiger partial charge in [-0.25, -0.2) is 8.78 Å². The maximum Gasteiger partial charge on any atom is 0.126 e. The molecule has 0 saturated carbocycles. The molecule has 202 valence electrons. The molecule has 1 saturated heterocycles. The highest BCUT2D eigenvalue weighted by atomic mass is 19.1. The first-order chi connectivity index (χ1) is 19.0. The van der Waals surface area contributed by atoms with Crippen molar-refractivity contribution in [3.05, 3.63) is 131 Å². The Morgan fingerprint density at radius 2 is 1.46 bits per heavy atom. The molecule has 0 bridgehead atoms. The summed E-state index contributed by atoms with van der Waals surface area (Å²) in [5.41, 5.74) is 3.79. The van der Waals surface area contributed by atoms with Gasteiger partial charge in [0, 0.05) is 43.6 Å². The highest BCUT2D eigenvalue weighted by Gasteiger charge is 2.31. The number of hydrogen-bond acceptors (Lipinski definition) is 5. The molecule has 1 aliphatic heterocycles. The number of pyridine rings is 1. The second-order valence-corrected chi connectivity index (χ2v) is 10.1. The van der Waals surface area contributed by atoms with Gasteiger partial charge in [-0.3, -0.25) is 9.88 Å². The topological polar surface area (TPSA) is 59.8 Å². The lowest BCUT2D eigenvalue weighted by Crippen LogP contribution is -2.41. The maximum atomic E-state index is 14.2. The quantitative estimate of drug-likeness (QED) is 0.279. The van der Waals surface area contributed by atoms with Crippen molar-refractivity contribution in [1.29, 1.82) is 0 Å². The molecule has 2 N–H and O–H groups in total. The van der Waals surface area contributed by atoms with Crippen LogP contribution in [0.2, 0.25) is 0 Å². The molecule has 5 rings (SSSR count). The number of rotatable bonds is 10. The van der Waals surface area contributed by atoms with E-state index in [-0.39, 0.29) is 6.42 Å². The molecule has 4 aromatic rings. The van der Waals surface area contributed by atoms with E-state index in [2.05, 4.69) is 9.88 Å². The Kier molecular flexibility index (Phi) is 8.61. The van der Waals surface area contributed by atoms with Crippen molar-refractivity contribution in [2.24, 2.45) is 0 Å².